The van der Waals surface area contributed by atoms with E-state index in [2.05, 4.69) is 15.5 Å². The molecule has 2 atom stereocenters. The van der Waals surface area contributed by atoms with Crippen LogP contribution in [0.15, 0.2) is 11.0 Å². The number of H-pyrrole nitrogens is 1. The summed E-state index contributed by atoms with van der Waals surface area (Å²) in [7, 11) is 0. The third-order valence-electron chi connectivity index (χ3n) is 3.79. The fourth-order valence-corrected chi connectivity index (χ4v) is 2.85. The third-order valence-corrected chi connectivity index (χ3v) is 4.15. The zero-order chi connectivity index (χ0) is 15.5. The second-order valence-corrected chi connectivity index (χ2v) is 5.74. The van der Waals surface area contributed by atoms with E-state index in [0.717, 1.165) is 6.42 Å². The maximum atomic E-state index is 11.8. The first-order chi connectivity index (χ1) is 10.6. The van der Waals surface area contributed by atoms with Crippen LogP contribution in [0, 0.1) is 0 Å². The number of carbonyl (C=O) groups is 1. The number of carbonyl (C=O) groups excluding carboxylic acids is 1. The molecule has 2 fully saturated rings. The monoisotopic (exact) mass is 328 g/mol. The Hall–Kier alpha value is -1.80. The molecule has 8 nitrogen and oxygen atoms in total. The number of anilines is 1. The molecule has 0 spiro atoms. The van der Waals surface area contributed by atoms with E-state index < -0.39 is 11.7 Å². The van der Waals surface area contributed by atoms with Crippen molar-refractivity contribution in [3.8, 4) is 0 Å². The van der Waals surface area contributed by atoms with Gasteiger partial charge in [-0.15, -0.1) is 0 Å². The summed E-state index contributed by atoms with van der Waals surface area (Å²) >= 11 is 5.98. The first kappa shape index (κ1) is 15.1. The van der Waals surface area contributed by atoms with Gasteiger partial charge >= 0.3 is 6.09 Å². The zero-order valence-corrected chi connectivity index (χ0v) is 12.6. The van der Waals surface area contributed by atoms with Crippen LogP contribution in [0.2, 0.25) is 5.02 Å². The van der Waals surface area contributed by atoms with Crippen LogP contribution in [0.3, 0.4) is 0 Å². The van der Waals surface area contributed by atoms with Gasteiger partial charge in [-0.1, -0.05) is 11.6 Å². The summed E-state index contributed by atoms with van der Waals surface area (Å²) in [6.45, 7) is 2.32. The minimum atomic E-state index is -0.433. The van der Waals surface area contributed by atoms with Gasteiger partial charge in [0.1, 0.15) is 11.1 Å². The first-order valence-corrected chi connectivity index (χ1v) is 7.54. The lowest BCUT2D eigenvalue weighted by Gasteiger charge is -2.19. The van der Waals surface area contributed by atoms with Crippen molar-refractivity contribution in [2.24, 2.45) is 0 Å². The summed E-state index contributed by atoms with van der Waals surface area (Å²) in [5.74, 6) is 0. The van der Waals surface area contributed by atoms with Gasteiger partial charge in [-0.05, 0) is 6.42 Å². The average Bonchev–Trinajstić information content (AvgIpc) is 3.14. The molecule has 2 N–H and O–H groups in total. The van der Waals surface area contributed by atoms with Gasteiger partial charge in [-0.3, -0.25) is 4.79 Å². The van der Waals surface area contributed by atoms with Crippen molar-refractivity contribution in [3.05, 3.63) is 21.6 Å². The summed E-state index contributed by atoms with van der Waals surface area (Å²) in [6, 6.07) is 0.0244. The summed E-state index contributed by atoms with van der Waals surface area (Å²) < 4.78 is 10.6. The van der Waals surface area contributed by atoms with E-state index in [0.29, 0.717) is 38.4 Å². The normalized spacial score (nSPS) is 24.5. The van der Waals surface area contributed by atoms with E-state index in [9.17, 15) is 9.59 Å². The van der Waals surface area contributed by atoms with Crippen molar-refractivity contribution in [1.29, 1.82) is 0 Å². The van der Waals surface area contributed by atoms with Gasteiger partial charge in [0, 0.05) is 19.6 Å². The second kappa shape index (κ2) is 6.53. The fourth-order valence-electron chi connectivity index (χ4n) is 2.64. The van der Waals surface area contributed by atoms with E-state index in [1.165, 1.54) is 6.20 Å². The average molecular weight is 329 g/mol. The number of aromatic amines is 1. The highest BCUT2D eigenvalue weighted by Crippen LogP contribution is 2.25. The number of nitrogens with zero attached hydrogens (tertiary/aromatic N) is 2. The molecule has 0 saturated carbocycles. The maximum Gasteiger partial charge on any atom is 0.407 e. The van der Waals surface area contributed by atoms with Gasteiger partial charge in [0.25, 0.3) is 5.56 Å². The number of hydrogen-bond acceptors (Lipinski definition) is 6. The summed E-state index contributed by atoms with van der Waals surface area (Å²) in [5.41, 5.74) is 0.128. The lowest BCUT2D eigenvalue weighted by molar-refractivity contribution is 0.103. The number of nitrogens with one attached hydrogen (secondary N) is 2. The molecule has 3 heterocycles. The highest BCUT2D eigenvalue weighted by Gasteiger charge is 2.28. The number of halogens is 1. The number of alkyl carbamates (subject to hydrolysis) is 1. The van der Waals surface area contributed by atoms with Gasteiger partial charge in [0.05, 0.1) is 31.1 Å². The van der Waals surface area contributed by atoms with Gasteiger partial charge < -0.3 is 19.7 Å². The number of aromatic nitrogens is 2. The van der Waals surface area contributed by atoms with Crippen molar-refractivity contribution in [3.63, 3.8) is 0 Å². The molecule has 0 bridgehead atoms. The summed E-state index contributed by atoms with van der Waals surface area (Å²) in [4.78, 5) is 25.2. The minimum absolute atomic E-state index is 0.0244. The summed E-state index contributed by atoms with van der Waals surface area (Å²) in [6.07, 6.45) is 2.31. The van der Waals surface area contributed by atoms with Gasteiger partial charge in [-0.25, -0.2) is 9.89 Å². The lowest BCUT2D eigenvalue weighted by Crippen LogP contribution is -2.38. The summed E-state index contributed by atoms with van der Waals surface area (Å²) in [5, 5.41) is 8.91. The SMILES string of the molecule is O=C(N[C@H]1CCOC1)O[C@@H]1CCN(c2cn[nH]c(=O)c2Cl)C1. The molecule has 0 aliphatic carbocycles. The molecule has 0 aromatic carbocycles. The Bertz CT molecular complexity index is 602. The van der Waals surface area contributed by atoms with Crippen molar-refractivity contribution in [1.82, 2.24) is 15.5 Å². The molecule has 1 aromatic rings. The highest BCUT2D eigenvalue weighted by atomic mass is 35.5. The van der Waals surface area contributed by atoms with E-state index in [4.69, 9.17) is 21.1 Å². The van der Waals surface area contributed by atoms with Crippen LogP contribution in [0.25, 0.3) is 0 Å². The molecule has 2 aliphatic heterocycles. The van der Waals surface area contributed by atoms with Gasteiger partial charge in [0.15, 0.2) is 0 Å². The predicted molar refractivity (Wildman–Crippen MR) is 79.3 cm³/mol. The predicted octanol–water partition coefficient (Wildman–Crippen LogP) is 0.517. The molecule has 3 rings (SSSR count). The number of ether oxygens (including phenoxy) is 2. The Morgan fingerprint density at radius 3 is 3.18 bits per heavy atom. The largest absolute Gasteiger partial charge is 0.444 e. The molecule has 2 aliphatic rings. The number of hydrogen-bond donors (Lipinski definition) is 2. The van der Waals surface area contributed by atoms with Crippen LogP contribution in [0.5, 0.6) is 0 Å². The topological polar surface area (TPSA) is 96.6 Å². The Kier molecular flexibility index (Phi) is 4.49. The molecule has 0 unspecified atom stereocenters. The van der Waals surface area contributed by atoms with Crippen molar-refractivity contribution in [2.45, 2.75) is 25.0 Å². The highest BCUT2D eigenvalue weighted by molar-refractivity contribution is 6.33. The van der Waals surface area contributed by atoms with Crippen molar-refractivity contribution >= 4 is 23.4 Å². The fraction of sp³-hybridized carbons (Fsp3) is 0.615. The van der Waals surface area contributed by atoms with E-state index in [1.54, 1.807) is 0 Å². The van der Waals surface area contributed by atoms with E-state index in [1.807, 2.05) is 4.90 Å². The molecule has 1 amide bonds. The molecule has 120 valence electrons. The van der Waals surface area contributed by atoms with Crippen LogP contribution in [0.1, 0.15) is 12.8 Å². The number of rotatable bonds is 3. The van der Waals surface area contributed by atoms with Crippen LogP contribution in [0.4, 0.5) is 10.5 Å². The molecule has 9 heteroatoms. The van der Waals surface area contributed by atoms with Crippen LogP contribution < -0.4 is 15.8 Å². The quantitative estimate of drug-likeness (QED) is 0.839. The van der Waals surface area contributed by atoms with Crippen molar-refractivity contribution in [2.75, 3.05) is 31.2 Å². The molecular weight excluding hydrogens is 312 g/mol. The standard InChI is InChI=1S/C13H17ClN4O4/c14-11-10(5-15-17-12(11)19)18-3-1-9(6-18)22-13(20)16-8-2-4-21-7-8/h5,8-9H,1-4,6-7H2,(H,16,20)(H,17,19)/t8-,9+/m0/s1. The van der Waals surface area contributed by atoms with E-state index in [-0.39, 0.29) is 17.2 Å². The Balaban J connectivity index is 1.54. The number of amides is 1. The maximum absolute atomic E-state index is 11.8. The molecule has 2 saturated heterocycles. The van der Waals surface area contributed by atoms with Crippen molar-refractivity contribution < 1.29 is 14.3 Å². The Morgan fingerprint density at radius 1 is 1.55 bits per heavy atom. The van der Waals surface area contributed by atoms with Gasteiger partial charge in [0.2, 0.25) is 0 Å². The second-order valence-electron chi connectivity index (χ2n) is 5.37. The van der Waals surface area contributed by atoms with Crippen LogP contribution in [-0.2, 0) is 9.47 Å². The lowest BCUT2D eigenvalue weighted by atomic mass is 10.3. The Morgan fingerprint density at radius 2 is 2.41 bits per heavy atom. The smallest absolute Gasteiger partial charge is 0.407 e. The van der Waals surface area contributed by atoms with Gasteiger partial charge in [-0.2, -0.15) is 5.10 Å². The van der Waals surface area contributed by atoms with Crippen LogP contribution in [-0.4, -0.2) is 54.7 Å². The molecule has 0 radical (unpaired) electrons. The first-order valence-electron chi connectivity index (χ1n) is 7.16. The van der Waals surface area contributed by atoms with E-state index >= 15 is 0 Å². The third kappa shape index (κ3) is 3.33. The molecule has 1 aromatic heterocycles. The zero-order valence-electron chi connectivity index (χ0n) is 11.9. The molecule has 22 heavy (non-hydrogen) atoms. The molecular formula is C13H17ClN4O4. The van der Waals surface area contributed by atoms with Crippen LogP contribution >= 0.6 is 11.6 Å². The minimum Gasteiger partial charge on any atom is -0.444 e. The Labute approximate surface area is 131 Å².